The van der Waals surface area contributed by atoms with Gasteiger partial charge >= 0.3 is 0 Å². The van der Waals surface area contributed by atoms with Gasteiger partial charge in [0.25, 0.3) is 0 Å². The molecule has 1 amide bonds. The van der Waals surface area contributed by atoms with Crippen molar-refractivity contribution in [2.24, 2.45) is 16.9 Å². The molecule has 0 heterocycles. The highest BCUT2D eigenvalue weighted by Gasteiger charge is 2.32. The lowest BCUT2D eigenvalue weighted by Gasteiger charge is -2.28. The lowest BCUT2D eigenvalue weighted by Crippen LogP contribution is -2.41. The van der Waals surface area contributed by atoms with E-state index in [-0.39, 0.29) is 11.9 Å². The average molecular weight is 234 g/mol. The first-order valence-electron chi connectivity index (χ1n) is 6.07. The topological polar surface area (TPSA) is 69.1 Å². The Balaban J connectivity index is 2.82. The molecule has 4 N–H and O–H groups in total. The SMILES string of the molecule is CCC(N)CC(C)(Cc1ccccc1)C(N)=O. The van der Waals surface area contributed by atoms with Gasteiger partial charge in [-0.15, -0.1) is 0 Å². The quantitative estimate of drug-likeness (QED) is 0.788. The highest BCUT2D eigenvalue weighted by molar-refractivity contribution is 5.80. The molecule has 0 spiro atoms. The smallest absolute Gasteiger partial charge is 0.223 e. The third kappa shape index (κ3) is 3.86. The molecule has 2 unspecified atom stereocenters. The van der Waals surface area contributed by atoms with E-state index in [0.29, 0.717) is 12.8 Å². The number of carbonyl (C=O) groups is 1. The molecule has 0 aliphatic heterocycles. The maximum absolute atomic E-state index is 11.6. The summed E-state index contributed by atoms with van der Waals surface area (Å²) in [6.07, 6.45) is 2.14. The van der Waals surface area contributed by atoms with Gasteiger partial charge in [0, 0.05) is 6.04 Å². The van der Waals surface area contributed by atoms with Gasteiger partial charge < -0.3 is 11.5 Å². The van der Waals surface area contributed by atoms with E-state index in [9.17, 15) is 4.79 Å². The second-order valence-electron chi connectivity index (χ2n) is 4.96. The number of carbonyl (C=O) groups excluding carboxylic acids is 1. The van der Waals surface area contributed by atoms with E-state index in [2.05, 4.69) is 0 Å². The molecule has 2 atom stereocenters. The number of benzene rings is 1. The summed E-state index contributed by atoms with van der Waals surface area (Å²) in [6.45, 7) is 3.92. The van der Waals surface area contributed by atoms with E-state index in [0.717, 1.165) is 12.0 Å². The highest BCUT2D eigenvalue weighted by atomic mass is 16.1. The maximum Gasteiger partial charge on any atom is 0.223 e. The van der Waals surface area contributed by atoms with Gasteiger partial charge in [-0.1, -0.05) is 44.2 Å². The summed E-state index contributed by atoms with van der Waals surface area (Å²) < 4.78 is 0. The van der Waals surface area contributed by atoms with Crippen molar-refractivity contribution in [1.29, 1.82) is 0 Å². The molecule has 0 radical (unpaired) electrons. The molecule has 17 heavy (non-hydrogen) atoms. The van der Waals surface area contributed by atoms with Crippen LogP contribution in [0.15, 0.2) is 30.3 Å². The van der Waals surface area contributed by atoms with E-state index in [4.69, 9.17) is 11.5 Å². The Labute approximate surface area is 103 Å². The lowest BCUT2D eigenvalue weighted by molar-refractivity contribution is -0.127. The normalized spacial score (nSPS) is 16.2. The van der Waals surface area contributed by atoms with Crippen LogP contribution in [0.2, 0.25) is 0 Å². The molecule has 0 aromatic heterocycles. The molecular weight excluding hydrogens is 212 g/mol. The Morgan fingerprint density at radius 2 is 1.94 bits per heavy atom. The Morgan fingerprint density at radius 3 is 2.41 bits per heavy atom. The lowest BCUT2D eigenvalue weighted by atomic mass is 9.77. The number of hydrogen-bond donors (Lipinski definition) is 2. The van der Waals surface area contributed by atoms with Gasteiger partial charge in [0.2, 0.25) is 5.91 Å². The second kappa shape index (κ2) is 5.82. The summed E-state index contributed by atoms with van der Waals surface area (Å²) in [7, 11) is 0. The number of primary amides is 1. The minimum atomic E-state index is -0.559. The number of amides is 1. The molecule has 3 nitrogen and oxygen atoms in total. The van der Waals surface area contributed by atoms with Crippen LogP contribution in [0.3, 0.4) is 0 Å². The minimum Gasteiger partial charge on any atom is -0.369 e. The average Bonchev–Trinajstić information content (AvgIpc) is 2.29. The molecule has 1 aromatic carbocycles. The van der Waals surface area contributed by atoms with Crippen LogP contribution in [0.1, 0.15) is 32.3 Å². The fraction of sp³-hybridized carbons (Fsp3) is 0.500. The summed E-state index contributed by atoms with van der Waals surface area (Å²) in [5.41, 5.74) is 12.0. The zero-order valence-electron chi connectivity index (χ0n) is 10.6. The van der Waals surface area contributed by atoms with Crippen LogP contribution >= 0.6 is 0 Å². The Morgan fingerprint density at radius 1 is 1.35 bits per heavy atom. The van der Waals surface area contributed by atoms with Crippen LogP contribution in [-0.4, -0.2) is 11.9 Å². The van der Waals surface area contributed by atoms with Crippen LogP contribution in [-0.2, 0) is 11.2 Å². The van der Waals surface area contributed by atoms with Gasteiger partial charge in [0.15, 0.2) is 0 Å². The van der Waals surface area contributed by atoms with E-state index < -0.39 is 5.41 Å². The maximum atomic E-state index is 11.6. The molecule has 0 saturated carbocycles. The highest BCUT2D eigenvalue weighted by Crippen LogP contribution is 2.28. The first-order chi connectivity index (χ1) is 7.98. The molecule has 0 aliphatic rings. The summed E-state index contributed by atoms with van der Waals surface area (Å²) in [5.74, 6) is -0.273. The van der Waals surface area contributed by atoms with Crippen molar-refractivity contribution in [2.75, 3.05) is 0 Å². The molecule has 1 aromatic rings. The zero-order valence-corrected chi connectivity index (χ0v) is 10.6. The van der Waals surface area contributed by atoms with Crippen molar-refractivity contribution in [3.05, 3.63) is 35.9 Å². The van der Waals surface area contributed by atoms with Gasteiger partial charge in [-0.05, 0) is 24.8 Å². The van der Waals surface area contributed by atoms with Crippen molar-refractivity contribution >= 4 is 5.91 Å². The largest absolute Gasteiger partial charge is 0.369 e. The van der Waals surface area contributed by atoms with Crippen LogP contribution in [0.4, 0.5) is 0 Å². The zero-order chi connectivity index (χ0) is 12.9. The standard InChI is InChI=1S/C14H22N2O/c1-3-12(15)10-14(2,13(16)17)9-11-7-5-4-6-8-11/h4-8,12H,3,9-10,15H2,1-2H3,(H2,16,17). The predicted octanol–water partition coefficient (Wildman–Crippen LogP) is 1.85. The van der Waals surface area contributed by atoms with Crippen molar-refractivity contribution in [2.45, 2.75) is 39.2 Å². The number of rotatable bonds is 6. The van der Waals surface area contributed by atoms with E-state index in [1.54, 1.807) is 0 Å². The first kappa shape index (κ1) is 13.7. The van der Waals surface area contributed by atoms with Crippen LogP contribution in [0.25, 0.3) is 0 Å². The molecule has 0 bridgehead atoms. The molecule has 0 fully saturated rings. The van der Waals surface area contributed by atoms with Gasteiger partial charge in [-0.3, -0.25) is 4.79 Å². The minimum absolute atomic E-state index is 0.0243. The van der Waals surface area contributed by atoms with Crippen LogP contribution < -0.4 is 11.5 Å². The third-order valence-corrected chi connectivity index (χ3v) is 3.27. The van der Waals surface area contributed by atoms with Crippen molar-refractivity contribution in [3.63, 3.8) is 0 Å². The fourth-order valence-corrected chi connectivity index (χ4v) is 2.03. The van der Waals surface area contributed by atoms with Gasteiger partial charge in [-0.2, -0.15) is 0 Å². The number of hydrogen-bond acceptors (Lipinski definition) is 2. The Kier molecular flexibility index (Phi) is 4.70. The predicted molar refractivity (Wildman–Crippen MR) is 70.3 cm³/mol. The monoisotopic (exact) mass is 234 g/mol. The fourth-order valence-electron chi connectivity index (χ4n) is 2.03. The summed E-state index contributed by atoms with van der Waals surface area (Å²) in [5, 5.41) is 0. The molecule has 94 valence electrons. The van der Waals surface area contributed by atoms with E-state index >= 15 is 0 Å². The van der Waals surface area contributed by atoms with E-state index in [1.165, 1.54) is 0 Å². The molecular formula is C14H22N2O. The van der Waals surface area contributed by atoms with Crippen molar-refractivity contribution < 1.29 is 4.79 Å². The number of nitrogens with two attached hydrogens (primary N) is 2. The van der Waals surface area contributed by atoms with Crippen LogP contribution in [0, 0.1) is 5.41 Å². The summed E-state index contributed by atoms with van der Waals surface area (Å²) >= 11 is 0. The Hall–Kier alpha value is -1.35. The summed E-state index contributed by atoms with van der Waals surface area (Å²) in [6, 6.07) is 9.95. The molecule has 0 saturated heterocycles. The molecule has 1 rings (SSSR count). The van der Waals surface area contributed by atoms with Gasteiger partial charge in [-0.25, -0.2) is 0 Å². The van der Waals surface area contributed by atoms with Crippen LogP contribution in [0.5, 0.6) is 0 Å². The van der Waals surface area contributed by atoms with Crippen molar-refractivity contribution in [1.82, 2.24) is 0 Å². The molecule has 0 aliphatic carbocycles. The van der Waals surface area contributed by atoms with E-state index in [1.807, 2.05) is 44.2 Å². The third-order valence-electron chi connectivity index (χ3n) is 3.27. The van der Waals surface area contributed by atoms with Gasteiger partial charge in [0.1, 0.15) is 0 Å². The Bertz CT molecular complexity index is 364. The second-order valence-corrected chi connectivity index (χ2v) is 4.96. The van der Waals surface area contributed by atoms with Crippen molar-refractivity contribution in [3.8, 4) is 0 Å². The molecule has 3 heteroatoms. The first-order valence-corrected chi connectivity index (χ1v) is 6.07. The van der Waals surface area contributed by atoms with Gasteiger partial charge in [0.05, 0.1) is 5.41 Å². The summed E-state index contributed by atoms with van der Waals surface area (Å²) in [4.78, 5) is 11.6.